The van der Waals surface area contributed by atoms with Crippen LogP contribution in [0.1, 0.15) is 20.7 Å². The van der Waals surface area contributed by atoms with Gasteiger partial charge in [-0.05, 0) is 45.8 Å². The number of carbonyl (C=O) groups is 2. The molecule has 164 valence electrons. The van der Waals surface area contributed by atoms with Gasteiger partial charge >= 0.3 is 0 Å². The number of amides is 2. The fourth-order valence-corrected chi connectivity index (χ4v) is 3.92. The molecule has 0 radical (unpaired) electrons. The van der Waals surface area contributed by atoms with Crippen molar-refractivity contribution in [2.75, 3.05) is 0 Å². The lowest BCUT2D eigenvalue weighted by atomic mass is 10.0. The largest absolute Gasteiger partial charge is 0.292 e. The van der Waals surface area contributed by atoms with Crippen LogP contribution in [0.4, 0.5) is 5.69 Å². The highest BCUT2D eigenvalue weighted by Gasteiger charge is 2.16. The average molecular weight is 444 g/mol. The van der Waals surface area contributed by atoms with Crippen molar-refractivity contribution in [1.82, 2.24) is 10.6 Å². The van der Waals surface area contributed by atoms with Gasteiger partial charge in [-0.15, -0.1) is 0 Å². The summed E-state index contributed by atoms with van der Waals surface area (Å²) in [4.78, 5) is 31.0. The molecule has 0 atom stereocenters. The minimum absolute atomic E-state index is 0.0575. The molecule has 0 saturated carbocycles. The quantitative estimate of drug-likeness (QED) is 0.272. The molecule has 5 aromatic carbocycles. The molecule has 0 saturated heterocycles. The van der Waals surface area contributed by atoms with Crippen molar-refractivity contribution in [2.24, 2.45) is 4.99 Å². The van der Waals surface area contributed by atoms with Crippen LogP contribution in [0.25, 0.3) is 21.5 Å². The summed E-state index contributed by atoms with van der Waals surface area (Å²) in [5.41, 5.74) is 1.60. The van der Waals surface area contributed by atoms with Gasteiger partial charge in [0, 0.05) is 11.1 Å². The van der Waals surface area contributed by atoms with Crippen LogP contribution in [0.15, 0.2) is 120 Å². The molecular weight excluding hydrogens is 422 g/mol. The maximum atomic E-state index is 13.2. The third-order valence-electron chi connectivity index (χ3n) is 5.53. The van der Waals surface area contributed by atoms with Gasteiger partial charge in [0.05, 0.1) is 5.69 Å². The summed E-state index contributed by atoms with van der Waals surface area (Å²) in [6.45, 7) is 0. The fourth-order valence-electron chi connectivity index (χ4n) is 3.92. The van der Waals surface area contributed by atoms with E-state index in [1.54, 1.807) is 24.3 Å². The molecule has 0 aliphatic carbocycles. The molecule has 5 nitrogen and oxygen atoms in total. The van der Waals surface area contributed by atoms with E-state index in [1.165, 1.54) is 0 Å². The Morgan fingerprint density at radius 1 is 0.500 bits per heavy atom. The Bertz CT molecular complexity index is 1440. The van der Waals surface area contributed by atoms with Gasteiger partial charge in [0.15, 0.2) is 0 Å². The van der Waals surface area contributed by atoms with Crippen molar-refractivity contribution in [1.29, 1.82) is 0 Å². The first-order valence-corrected chi connectivity index (χ1v) is 10.9. The molecule has 5 heteroatoms. The number of nitrogens with zero attached hydrogens (tertiary/aromatic N) is 1. The number of nitrogens with one attached hydrogen (secondary N) is 2. The number of para-hydroxylation sites is 1. The molecule has 0 aliphatic rings. The smallest absolute Gasteiger partial charge is 0.258 e. The molecule has 2 N–H and O–H groups in total. The van der Waals surface area contributed by atoms with E-state index in [0.717, 1.165) is 21.5 Å². The lowest BCUT2D eigenvalue weighted by Crippen LogP contribution is -2.43. The van der Waals surface area contributed by atoms with Gasteiger partial charge < -0.3 is 0 Å². The van der Waals surface area contributed by atoms with E-state index in [1.807, 2.05) is 91.0 Å². The molecule has 0 unspecified atom stereocenters. The van der Waals surface area contributed by atoms with Gasteiger partial charge in [-0.2, -0.15) is 0 Å². The zero-order chi connectivity index (χ0) is 23.3. The van der Waals surface area contributed by atoms with Crippen molar-refractivity contribution in [3.63, 3.8) is 0 Å². The van der Waals surface area contributed by atoms with E-state index in [2.05, 4.69) is 15.6 Å². The predicted octanol–water partition coefficient (Wildman–Crippen LogP) is 5.84. The maximum absolute atomic E-state index is 13.2. The maximum Gasteiger partial charge on any atom is 0.258 e. The first kappa shape index (κ1) is 21.1. The van der Waals surface area contributed by atoms with Crippen LogP contribution in [0.3, 0.4) is 0 Å². The monoisotopic (exact) mass is 443 g/mol. The van der Waals surface area contributed by atoms with Crippen molar-refractivity contribution in [2.45, 2.75) is 0 Å². The first-order chi connectivity index (χ1) is 16.7. The number of rotatable bonds is 3. The van der Waals surface area contributed by atoms with E-state index in [9.17, 15) is 9.59 Å². The topological polar surface area (TPSA) is 70.6 Å². The normalized spacial score (nSPS) is 10.6. The number of fused-ring (bicyclic) bond motifs is 2. The standard InChI is InChI=1S/C29H21N3O2/c33-27(25-18-8-12-20-10-4-6-16-23(20)25)31-29(30-22-14-2-1-3-15-22)32-28(34)26-19-9-13-21-11-5-7-17-24(21)26/h1-19H,(H2,30,31,32,33,34). The first-order valence-electron chi connectivity index (χ1n) is 10.9. The fraction of sp³-hybridized carbons (Fsp3) is 0. The lowest BCUT2D eigenvalue weighted by molar-refractivity contribution is 0.0968. The second kappa shape index (κ2) is 9.38. The average Bonchev–Trinajstić information content (AvgIpc) is 2.88. The summed E-state index contributed by atoms with van der Waals surface area (Å²) < 4.78 is 0. The molecule has 5 aromatic rings. The second-order valence-electron chi connectivity index (χ2n) is 7.76. The molecule has 0 bridgehead atoms. The Morgan fingerprint density at radius 3 is 1.47 bits per heavy atom. The van der Waals surface area contributed by atoms with E-state index in [4.69, 9.17) is 0 Å². The van der Waals surface area contributed by atoms with E-state index < -0.39 is 0 Å². The van der Waals surface area contributed by atoms with Crippen molar-refractivity contribution in [3.8, 4) is 0 Å². The number of carbonyl (C=O) groups excluding carboxylic acids is 2. The second-order valence-corrected chi connectivity index (χ2v) is 7.76. The van der Waals surface area contributed by atoms with Crippen LogP contribution >= 0.6 is 0 Å². The van der Waals surface area contributed by atoms with Crippen molar-refractivity contribution in [3.05, 3.63) is 126 Å². The SMILES string of the molecule is O=C(NC(=Nc1ccccc1)NC(=O)c1cccc2ccccc12)c1cccc2ccccc12. The van der Waals surface area contributed by atoms with Crippen LogP contribution in [0.5, 0.6) is 0 Å². The Kier molecular flexibility index (Phi) is 5.82. The molecule has 0 heterocycles. The zero-order valence-electron chi connectivity index (χ0n) is 18.2. The Labute approximate surface area is 196 Å². The molecular formula is C29H21N3O2. The van der Waals surface area contributed by atoms with Gasteiger partial charge in [-0.1, -0.05) is 91.0 Å². The van der Waals surface area contributed by atoms with E-state index in [-0.39, 0.29) is 17.8 Å². The van der Waals surface area contributed by atoms with Gasteiger partial charge in [-0.25, -0.2) is 4.99 Å². The number of guanidine groups is 1. The summed E-state index contributed by atoms with van der Waals surface area (Å²) in [6, 6.07) is 35.6. The van der Waals surface area contributed by atoms with Crippen LogP contribution < -0.4 is 10.6 Å². The minimum Gasteiger partial charge on any atom is -0.292 e. The highest BCUT2D eigenvalue weighted by Crippen LogP contribution is 2.20. The lowest BCUT2D eigenvalue weighted by Gasteiger charge is -2.13. The van der Waals surface area contributed by atoms with Gasteiger partial charge in [-0.3, -0.25) is 20.2 Å². The van der Waals surface area contributed by atoms with Crippen LogP contribution in [-0.2, 0) is 0 Å². The molecule has 0 spiro atoms. The molecule has 0 aliphatic heterocycles. The zero-order valence-corrected chi connectivity index (χ0v) is 18.2. The minimum atomic E-state index is -0.357. The van der Waals surface area contributed by atoms with Crippen LogP contribution in [-0.4, -0.2) is 17.8 Å². The predicted molar refractivity (Wildman–Crippen MR) is 136 cm³/mol. The van der Waals surface area contributed by atoms with Crippen molar-refractivity contribution < 1.29 is 9.59 Å². The highest BCUT2D eigenvalue weighted by molar-refractivity contribution is 6.18. The number of benzene rings is 5. The number of hydrogen-bond acceptors (Lipinski definition) is 3. The third kappa shape index (κ3) is 4.40. The summed E-state index contributed by atoms with van der Waals surface area (Å²) in [6.07, 6.45) is 0. The third-order valence-corrected chi connectivity index (χ3v) is 5.53. The molecule has 34 heavy (non-hydrogen) atoms. The van der Waals surface area contributed by atoms with Crippen LogP contribution in [0, 0.1) is 0 Å². The van der Waals surface area contributed by atoms with E-state index >= 15 is 0 Å². The number of hydrogen-bond donors (Lipinski definition) is 2. The highest BCUT2D eigenvalue weighted by atomic mass is 16.2. The van der Waals surface area contributed by atoms with Gasteiger partial charge in [0.2, 0.25) is 5.96 Å². The van der Waals surface area contributed by atoms with Crippen molar-refractivity contribution >= 4 is 45.0 Å². The molecule has 0 aromatic heterocycles. The Hall–Kier alpha value is -4.77. The Morgan fingerprint density at radius 2 is 0.941 bits per heavy atom. The Balaban J connectivity index is 1.49. The summed E-state index contributed by atoms with van der Waals surface area (Å²) in [5.74, 6) is -0.656. The van der Waals surface area contributed by atoms with Crippen LogP contribution in [0.2, 0.25) is 0 Å². The number of aliphatic imine (C=N–C) groups is 1. The molecule has 2 amide bonds. The van der Waals surface area contributed by atoms with Gasteiger partial charge in [0.25, 0.3) is 11.8 Å². The molecule has 0 fully saturated rings. The van der Waals surface area contributed by atoms with E-state index in [0.29, 0.717) is 16.8 Å². The molecule has 5 rings (SSSR count). The van der Waals surface area contributed by atoms with Gasteiger partial charge in [0.1, 0.15) is 0 Å². The summed E-state index contributed by atoms with van der Waals surface area (Å²) in [5, 5.41) is 9.16. The summed E-state index contributed by atoms with van der Waals surface area (Å²) >= 11 is 0. The summed E-state index contributed by atoms with van der Waals surface area (Å²) in [7, 11) is 0.